The Morgan fingerprint density at radius 1 is 1.32 bits per heavy atom. The topological polar surface area (TPSA) is 32.5 Å². The van der Waals surface area contributed by atoms with Crippen LogP contribution in [0.15, 0.2) is 24.3 Å². The molecule has 1 aliphatic rings. The molecule has 0 spiro atoms. The van der Waals surface area contributed by atoms with Crippen molar-refractivity contribution in [2.75, 3.05) is 26.7 Å². The predicted octanol–water partition coefficient (Wildman–Crippen LogP) is 1.85. The second kappa shape index (κ2) is 5.99. The number of piperazine rings is 1. The van der Waals surface area contributed by atoms with Crippen molar-refractivity contribution in [1.82, 2.24) is 9.80 Å². The summed E-state index contributed by atoms with van der Waals surface area (Å²) in [4.78, 5) is 4.77. The van der Waals surface area contributed by atoms with Crippen LogP contribution >= 0.6 is 0 Å². The Kier molecular flexibility index (Phi) is 4.55. The summed E-state index contributed by atoms with van der Waals surface area (Å²) in [5.41, 5.74) is 7.07. The zero-order valence-electron chi connectivity index (χ0n) is 12.0. The molecule has 1 saturated heterocycles. The van der Waals surface area contributed by atoms with Gasteiger partial charge >= 0.3 is 0 Å². The molecule has 0 saturated carbocycles. The first-order chi connectivity index (χ1) is 8.97. The number of likely N-dealkylation sites (N-methyl/N-ethyl adjacent to an activating group) is 1. The van der Waals surface area contributed by atoms with Crippen molar-refractivity contribution >= 4 is 0 Å². The third kappa shape index (κ3) is 3.53. The predicted molar refractivity (Wildman–Crippen MR) is 76.5 cm³/mol. The Labute approximate surface area is 115 Å². The minimum absolute atomic E-state index is 0.126. The molecule has 1 fully saturated rings. The van der Waals surface area contributed by atoms with Gasteiger partial charge < -0.3 is 5.73 Å². The van der Waals surface area contributed by atoms with Crippen LogP contribution in [0.1, 0.15) is 25.5 Å². The normalized spacial score (nSPS) is 27.4. The lowest BCUT2D eigenvalue weighted by atomic mass is 10.0. The summed E-state index contributed by atoms with van der Waals surface area (Å²) in [6.45, 7) is 7.28. The van der Waals surface area contributed by atoms with Crippen LogP contribution < -0.4 is 5.73 Å². The summed E-state index contributed by atoms with van der Waals surface area (Å²) < 4.78 is 13.2. The molecular formula is C15H24FN3. The Hall–Kier alpha value is -0.970. The van der Waals surface area contributed by atoms with Crippen LogP contribution in [0.5, 0.6) is 0 Å². The second-order valence-electron chi connectivity index (χ2n) is 5.74. The van der Waals surface area contributed by atoms with Crippen LogP contribution in [0.3, 0.4) is 0 Å². The molecule has 1 aliphatic heterocycles. The van der Waals surface area contributed by atoms with E-state index < -0.39 is 0 Å². The van der Waals surface area contributed by atoms with Crippen LogP contribution in [-0.4, -0.2) is 48.6 Å². The van der Waals surface area contributed by atoms with Crippen molar-refractivity contribution in [2.24, 2.45) is 5.73 Å². The van der Waals surface area contributed by atoms with Gasteiger partial charge in [-0.1, -0.05) is 12.1 Å². The molecule has 0 aromatic heterocycles. The molecule has 0 amide bonds. The second-order valence-corrected chi connectivity index (χ2v) is 5.74. The molecule has 2 rings (SSSR count). The molecule has 19 heavy (non-hydrogen) atoms. The molecule has 3 nitrogen and oxygen atoms in total. The number of nitrogens with two attached hydrogens (primary N) is 1. The van der Waals surface area contributed by atoms with E-state index >= 15 is 0 Å². The highest BCUT2D eigenvalue weighted by Crippen LogP contribution is 2.18. The maximum Gasteiger partial charge on any atom is 0.123 e. The van der Waals surface area contributed by atoms with Gasteiger partial charge in [0.05, 0.1) is 0 Å². The van der Waals surface area contributed by atoms with Crippen molar-refractivity contribution < 1.29 is 4.39 Å². The molecule has 1 heterocycles. The van der Waals surface area contributed by atoms with Crippen molar-refractivity contribution in [1.29, 1.82) is 0 Å². The molecule has 2 N–H and O–H groups in total. The number of nitrogens with zero attached hydrogens (tertiary/aromatic N) is 2. The molecule has 106 valence electrons. The molecule has 4 heteroatoms. The zero-order valence-corrected chi connectivity index (χ0v) is 12.0. The fraction of sp³-hybridized carbons (Fsp3) is 0.600. The van der Waals surface area contributed by atoms with E-state index in [2.05, 4.69) is 30.7 Å². The van der Waals surface area contributed by atoms with Crippen LogP contribution in [0.2, 0.25) is 0 Å². The summed E-state index contributed by atoms with van der Waals surface area (Å²) in [6.07, 6.45) is 0. The first kappa shape index (κ1) is 14.4. The van der Waals surface area contributed by atoms with Crippen LogP contribution in [0.25, 0.3) is 0 Å². The Bertz CT molecular complexity index is 412. The van der Waals surface area contributed by atoms with E-state index in [-0.39, 0.29) is 11.9 Å². The highest BCUT2D eigenvalue weighted by molar-refractivity contribution is 5.20. The van der Waals surface area contributed by atoms with Gasteiger partial charge in [-0.15, -0.1) is 0 Å². The van der Waals surface area contributed by atoms with Crippen LogP contribution in [0, 0.1) is 5.82 Å². The fourth-order valence-electron chi connectivity index (χ4n) is 2.78. The van der Waals surface area contributed by atoms with Crippen molar-refractivity contribution in [3.8, 4) is 0 Å². The molecule has 0 aliphatic carbocycles. The summed E-state index contributed by atoms with van der Waals surface area (Å²) in [5.74, 6) is -0.215. The standard InChI is InChI=1S/C15H24FN3/c1-11-8-19(9-12(2)18(11)3)10-15(17)13-5-4-6-14(16)7-13/h4-7,11-12,15H,8-10,17H2,1-3H3. The van der Waals surface area contributed by atoms with Crippen molar-refractivity contribution in [3.63, 3.8) is 0 Å². The van der Waals surface area contributed by atoms with E-state index in [0.717, 1.165) is 25.2 Å². The van der Waals surface area contributed by atoms with E-state index in [9.17, 15) is 4.39 Å². The van der Waals surface area contributed by atoms with Gasteiger partial charge in [-0.05, 0) is 38.6 Å². The summed E-state index contributed by atoms with van der Waals surface area (Å²) in [6, 6.07) is 7.55. The number of halogens is 1. The number of benzene rings is 1. The van der Waals surface area contributed by atoms with Gasteiger partial charge in [0, 0.05) is 37.8 Å². The summed E-state index contributed by atoms with van der Waals surface area (Å²) in [5, 5.41) is 0. The largest absolute Gasteiger partial charge is 0.323 e. The van der Waals surface area contributed by atoms with Gasteiger partial charge in [0.1, 0.15) is 5.82 Å². The Morgan fingerprint density at radius 2 is 1.95 bits per heavy atom. The average molecular weight is 265 g/mol. The highest BCUT2D eigenvalue weighted by Gasteiger charge is 2.27. The quantitative estimate of drug-likeness (QED) is 0.905. The van der Waals surface area contributed by atoms with E-state index in [0.29, 0.717) is 12.1 Å². The minimum Gasteiger partial charge on any atom is -0.323 e. The third-order valence-electron chi connectivity index (χ3n) is 4.17. The van der Waals surface area contributed by atoms with Gasteiger partial charge in [0.2, 0.25) is 0 Å². The maximum atomic E-state index is 13.2. The zero-order chi connectivity index (χ0) is 14.0. The smallest absolute Gasteiger partial charge is 0.123 e. The molecule has 1 aromatic carbocycles. The number of rotatable bonds is 3. The SMILES string of the molecule is CC1CN(CC(N)c2cccc(F)c2)CC(C)N1C. The van der Waals surface area contributed by atoms with Crippen molar-refractivity contribution in [3.05, 3.63) is 35.6 Å². The minimum atomic E-state index is -0.215. The van der Waals surface area contributed by atoms with Gasteiger partial charge in [-0.3, -0.25) is 9.80 Å². The molecular weight excluding hydrogens is 241 g/mol. The average Bonchev–Trinajstić information content (AvgIpc) is 2.36. The van der Waals surface area contributed by atoms with Gasteiger partial charge in [-0.25, -0.2) is 4.39 Å². The van der Waals surface area contributed by atoms with Crippen molar-refractivity contribution in [2.45, 2.75) is 32.0 Å². The number of hydrogen-bond acceptors (Lipinski definition) is 3. The lowest BCUT2D eigenvalue weighted by molar-refractivity contribution is 0.0566. The summed E-state index contributed by atoms with van der Waals surface area (Å²) in [7, 11) is 2.17. The van der Waals surface area contributed by atoms with Gasteiger partial charge in [0.15, 0.2) is 0 Å². The Morgan fingerprint density at radius 3 is 2.53 bits per heavy atom. The molecule has 0 bridgehead atoms. The first-order valence-corrected chi connectivity index (χ1v) is 6.92. The maximum absolute atomic E-state index is 13.2. The monoisotopic (exact) mass is 265 g/mol. The fourth-order valence-corrected chi connectivity index (χ4v) is 2.78. The lowest BCUT2D eigenvalue weighted by Gasteiger charge is -2.43. The molecule has 3 unspecified atom stereocenters. The molecule has 3 atom stereocenters. The van der Waals surface area contributed by atoms with Crippen LogP contribution in [0.4, 0.5) is 4.39 Å². The van der Waals surface area contributed by atoms with Gasteiger partial charge in [-0.2, -0.15) is 0 Å². The lowest BCUT2D eigenvalue weighted by Crippen LogP contribution is -2.55. The van der Waals surface area contributed by atoms with E-state index in [1.54, 1.807) is 6.07 Å². The van der Waals surface area contributed by atoms with E-state index in [4.69, 9.17) is 5.73 Å². The first-order valence-electron chi connectivity index (χ1n) is 6.92. The highest BCUT2D eigenvalue weighted by atomic mass is 19.1. The third-order valence-corrected chi connectivity index (χ3v) is 4.17. The number of hydrogen-bond donors (Lipinski definition) is 1. The summed E-state index contributed by atoms with van der Waals surface area (Å²) >= 11 is 0. The van der Waals surface area contributed by atoms with E-state index in [1.165, 1.54) is 12.1 Å². The Balaban J connectivity index is 1.97. The van der Waals surface area contributed by atoms with E-state index in [1.807, 2.05) is 6.07 Å². The van der Waals surface area contributed by atoms with Gasteiger partial charge in [0.25, 0.3) is 0 Å². The molecule has 0 radical (unpaired) electrons. The molecule has 1 aromatic rings. The van der Waals surface area contributed by atoms with Crippen LogP contribution in [-0.2, 0) is 0 Å².